The van der Waals surface area contributed by atoms with Gasteiger partial charge in [0.1, 0.15) is 17.0 Å². The van der Waals surface area contributed by atoms with E-state index in [0.717, 1.165) is 12.1 Å². The third-order valence-corrected chi connectivity index (χ3v) is 3.30. The van der Waals surface area contributed by atoms with E-state index in [2.05, 4.69) is 10.6 Å². The number of carbonyl (C=O) groups excluding carboxylic acids is 2. The number of nitrogens with one attached hydrogen (secondary N) is 2. The van der Waals surface area contributed by atoms with Gasteiger partial charge in [0.05, 0.1) is 0 Å². The molecule has 0 heterocycles. The Morgan fingerprint density at radius 3 is 1.57 bits per heavy atom. The van der Waals surface area contributed by atoms with Crippen LogP contribution in [-0.2, 0) is 9.59 Å². The molecule has 0 spiro atoms. The van der Waals surface area contributed by atoms with Crippen LogP contribution in [0.15, 0.2) is 48.5 Å². The van der Waals surface area contributed by atoms with Gasteiger partial charge in [-0.15, -0.1) is 0 Å². The lowest BCUT2D eigenvalue weighted by molar-refractivity contribution is -0.135. The minimum atomic E-state index is -1.43. The molecule has 120 valence electrons. The smallest absolute Gasteiger partial charge is 0.239 e. The van der Waals surface area contributed by atoms with Crippen LogP contribution >= 0.6 is 0 Å². The third-order valence-electron chi connectivity index (χ3n) is 3.30. The minimum absolute atomic E-state index is 0.252. The zero-order valence-electron chi connectivity index (χ0n) is 12.7. The topological polar surface area (TPSA) is 58.2 Å². The fraction of sp³-hybridized carbons (Fsp3) is 0.176. The Morgan fingerprint density at radius 1 is 0.826 bits per heavy atom. The van der Waals surface area contributed by atoms with Gasteiger partial charge >= 0.3 is 0 Å². The highest BCUT2D eigenvalue weighted by molar-refractivity contribution is 6.13. The molecule has 23 heavy (non-hydrogen) atoms. The molecule has 2 aromatic carbocycles. The molecule has 0 radical (unpaired) electrons. The zero-order valence-corrected chi connectivity index (χ0v) is 12.7. The van der Waals surface area contributed by atoms with E-state index < -0.39 is 28.9 Å². The summed E-state index contributed by atoms with van der Waals surface area (Å²) in [7, 11) is 0. The molecule has 0 atom stereocenters. The molecule has 0 aliphatic carbocycles. The van der Waals surface area contributed by atoms with Crippen LogP contribution in [0.3, 0.4) is 0 Å². The Hall–Kier alpha value is -2.76. The van der Waals surface area contributed by atoms with E-state index in [9.17, 15) is 18.4 Å². The highest BCUT2D eigenvalue weighted by Gasteiger charge is 2.36. The summed E-state index contributed by atoms with van der Waals surface area (Å²) in [6.45, 7) is 2.85. The van der Waals surface area contributed by atoms with Gasteiger partial charge in [-0.1, -0.05) is 12.1 Å². The zero-order chi connectivity index (χ0) is 17.0. The Morgan fingerprint density at radius 2 is 1.22 bits per heavy atom. The van der Waals surface area contributed by atoms with E-state index >= 15 is 0 Å². The van der Waals surface area contributed by atoms with Gasteiger partial charge < -0.3 is 10.6 Å². The highest BCUT2D eigenvalue weighted by Crippen LogP contribution is 2.22. The standard InChI is InChI=1S/C17H16F2N2O2/c1-17(2,15(22)20-13-7-3-5-11(18)9-13)16(23)21-14-8-4-6-12(19)10-14/h3-10H,1-2H3,(H,20,22)(H,21,23). The molecule has 6 heteroatoms. The van der Waals surface area contributed by atoms with Crippen molar-refractivity contribution in [1.29, 1.82) is 0 Å². The fourth-order valence-corrected chi connectivity index (χ4v) is 1.81. The first kappa shape index (κ1) is 16.6. The van der Waals surface area contributed by atoms with Crippen LogP contribution in [0.25, 0.3) is 0 Å². The highest BCUT2D eigenvalue weighted by atomic mass is 19.1. The molecule has 2 aromatic rings. The van der Waals surface area contributed by atoms with Gasteiger partial charge in [-0.3, -0.25) is 9.59 Å². The number of amides is 2. The molecule has 0 saturated carbocycles. The van der Waals surface area contributed by atoms with Gasteiger partial charge in [-0.05, 0) is 50.2 Å². The summed E-state index contributed by atoms with van der Waals surface area (Å²) >= 11 is 0. The van der Waals surface area contributed by atoms with Crippen molar-refractivity contribution < 1.29 is 18.4 Å². The van der Waals surface area contributed by atoms with Crippen molar-refractivity contribution in [3.05, 3.63) is 60.2 Å². The number of anilines is 2. The molecule has 4 nitrogen and oxygen atoms in total. The molecule has 0 saturated heterocycles. The van der Waals surface area contributed by atoms with Crippen LogP contribution in [0.4, 0.5) is 20.2 Å². The molecule has 0 aliphatic heterocycles. The van der Waals surface area contributed by atoms with E-state index in [1.54, 1.807) is 0 Å². The van der Waals surface area contributed by atoms with E-state index in [0.29, 0.717) is 0 Å². The SMILES string of the molecule is CC(C)(C(=O)Nc1cccc(F)c1)C(=O)Nc1cccc(F)c1. The third kappa shape index (κ3) is 4.12. The van der Waals surface area contributed by atoms with Crippen LogP contribution in [0.2, 0.25) is 0 Å². The fourth-order valence-electron chi connectivity index (χ4n) is 1.81. The van der Waals surface area contributed by atoms with Gasteiger partial charge in [0.15, 0.2) is 0 Å². The first-order valence-electron chi connectivity index (χ1n) is 6.93. The Labute approximate surface area is 132 Å². The van der Waals surface area contributed by atoms with Crippen molar-refractivity contribution in [1.82, 2.24) is 0 Å². The van der Waals surface area contributed by atoms with E-state index in [1.807, 2.05) is 0 Å². The predicted molar refractivity (Wildman–Crippen MR) is 83.8 cm³/mol. The van der Waals surface area contributed by atoms with E-state index in [4.69, 9.17) is 0 Å². The van der Waals surface area contributed by atoms with E-state index in [-0.39, 0.29) is 11.4 Å². The maximum Gasteiger partial charge on any atom is 0.239 e. The number of benzene rings is 2. The Bertz CT molecular complexity index is 683. The minimum Gasteiger partial charge on any atom is -0.325 e. The maximum absolute atomic E-state index is 13.1. The van der Waals surface area contributed by atoms with Crippen molar-refractivity contribution >= 4 is 23.2 Å². The van der Waals surface area contributed by atoms with Gasteiger partial charge in [0, 0.05) is 11.4 Å². The second-order valence-electron chi connectivity index (χ2n) is 5.55. The largest absolute Gasteiger partial charge is 0.325 e. The second-order valence-corrected chi connectivity index (χ2v) is 5.55. The number of carbonyl (C=O) groups is 2. The molecule has 2 amide bonds. The van der Waals surface area contributed by atoms with Gasteiger partial charge in [0.2, 0.25) is 11.8 Å². The molecular weight excluding hydrogens is 302 g/mol. The quantitative estimate of drug-likeness (QED) is 0.847. The molecule has 2 N–H and O–H groups in total. The summed E-state index contributed by atoms with van der Waals surface area (Å²) in [4.78, 5) is 24.6. The van der Waals surface area contributed by atoms with Crippen LogP contribution in [0, 0.1) is 17.0 Å². The average Bonchev–Trinajstić information content (AvgIpc) is 2.47. The second kappa shape index (κ2) is 6.56. The molecule has 0 aromatic heterocycles. The van der Waals surface area contributed by atoms with Crippen LogP contribution in [-0.4, -0.2) is 11.8 Å². The molecule has 0 fully saturated rings. The summed E-state index contributed by atoms with van der Waals surface area (Å²) < 4.78 is 26.3. The first-order chi connectivity index (χ1) is 10.8. The first-order valence-corrected chi connectivity index (χ1v) is 6.93. The molecule has 2 rings (SSSR count). The van der Waals surface area contributed by atoms with Crippen molar-refractivity contribution in [2.45, 2.75) is 13.8 Å². The number of hydrogen-bond acceptors (Lipinski definition) is 2. The van der Waals surface area contributed by atoms with Gasteiger partial charge in [-0.25, -0.2) is 8.78 Å². The normalized spacial score (nSPS) is 11.0. The summed E-state index contributed by atoms with van der Waals surface area (Å²) in [6, 6.07) is 10.7. The van der Waals surface area contributed by atoms with Crippen LogP contribution in [0.5, 0.6) is 0 Å². The van der Waals surface area contributed by atoms with Crippen LogP contribution in [0.1, 0.15) is 13.8 Å². The van der Waals surface area contributed by atoms with Crippen LogP contribution < -0.4 is 10.6 Å². The maximum atomic E-state index is 13.1. The molecule has 0 bridgehead atoms. The lowest BCUT2D eigenvalue weighted by Crippen LogP contribution is -2.41. The molecule has 0 aliphatic rings. The number of halogens is 2. The lowest BCUT2D eigenvalue weighted by Gasteiger charge is -2.22. The Kier molecular flexibility index (Phi) is 4.74. The molecule has 0 unspecified atom stereocenters. The van der Waals surface area contributed by atoms with Crippen molar-refractivity contribution in [3.63, 3.8) is 0 Å². The van der Waals surface area contributed by atoms with Crippen molar-refractivity contribution in [3.8, 4) is 0 Å². The summed E-state index contributed by atoms with van der Waals surface area (Å²) in [5, 5.41) is 4.97. The summed E-state index contributed by atoms with van der Waals surface area (Å²) in [5.74, 6) is -2.19. The van der Waals surface area contributed by atoms with Crippen molar-refractivity contribution in [2.75, 3.05) is 10.6 Å². The number of hydrogen-bond donors (Lipinski definition) is 2. The summed E-state index contributed by atoms with van der Waals surface area (Å²) in [5.41, 5.74) is -0.929. The van der Waals surface area contributed by atoms with Crippen molar-refractivity contribution in [2.24, 2.45) is 5.41 Å². The lowest BCUT2D eigenvalue weighted by atomic mass is 9.90. The Balaban J connectivity index is 2.09. The molecular formula is C17H16F2N2O2. The summed E-state index contributed by atoms with van der Waals surface area (Å²) in [6.07, 6.45) is 0. The number of rotatable bonds is 4. The van der Waals surface area contributed by atoms with Gasteiger partial charge in [0.25, 0.3) is 0 Å². The van der Waals surface area contributed by atoms with Gasteiger partial charge in [-0.2, -0.15) is 0 Å². The average molecular weight is 318 g/mol. The monoisotopic (exact) mass is 318 g/mol. The predicted octanol–water partition coefficient (Wildman–Crippen LogP) is 3.57. The van der Waals surface area contributed by atoms with E-state index in [1.165, 1.54) is 50.2 Å².